The van der Waals surface area contributed by atoms with Gasteiger partial charge >= 0.3 is 0 Å². The number of carbonyl (C=O) groups is 1. The van der Waals surface area contributed by atoms with Gasteiger partial charge in [0, 0.05) is 31.9 Å². The van der Waals surface area contributed by atoms with Crippen LogP contribution in [-0.2, 0) is 14.3 Å². The van der Waals surface area contributed by atoms with Crippen molar-refractivity contribution in [1.82, 2.24) is 0 Å². The molecule has 0 spiro atoms. The van der Waals surface area contributed by atoms with Crippen molar-refractivity contribution in [1.29, 1.82) is 0 Å². The molecule has 1 aromatic carbocycles. The van der Waals surface area contributed by atoms with Crippen LogP contribution in [0.5, 0.6) is 5.75 Å². The zero-order valence-electron chi connectivity index (χ0n) is 11.6. The summed E-state index contributed by atoms with van der Waals surface area (Å²) < 4.78 is 16.4. The van der Waals surface area contributed by atoms with Gasteiger partial charge in [-0.3, -0.25) is 4.79 Å². The van der Waals surface area contributed by atoms with Gasteiger partial charge in [0.2, 0.25) is 5.91 Å². The van der Waals surface area contributed by atoms with E-state index in [1.807, 2.05) is 26.0 Å². The van der Waals surface area contributed by atoms with Gasteiger partial charge in [-0.1, -0.05) is 6.07 Å². The van der Waals surface area contributed by atoms with Crippen LogP contribution in [0.25, 0.3) is 0 Å². The highest BCUT2D eigenvalue weighted by molar-refractivity contribution is 5.88. The molecule has 0 aliphatic rings. The Morgan fingerprint density at radius 3 is 2.53 bits per heavy atom. The lowest BCUT2D eigenvalue weighted by Gasteiger charge is -2.17. The molecule has 106 valence electrons. The van der Waals surface area contributed by atoms with Gasteiger partial charge in [0.05, 0.1) is 0 Å². The molecule has 0 aromatic heterocycles. The number of hydrogen-bond acceptors (Lipinski definition) is 4. The highest BCUT2D eigenvalue weighted by Gasteiger charge is 2.09. The quantitative estimate of drug-likeness (QED) is 0.735. The molecular weight excluding hydrogens is 246 g/mol. The molecule has 19 heavy (non-hydrogen) atoms. The third kappa shape index (κ3) is 6.22. The molecule has 0 atom stereocenters. The average Bonchev–Trinajstić information content (AvgIpc) is 2.36. The van der Waals surface area contributed by atoms with E-state index in [1.165, 1.54) is 6.92 Å². The molecule has 0 heterocycles. The normalized spacial score (nSPS) is 10.5. The van der Waals surface area contributed by atoms with E-state index < -0.39 is 0 Å². The first-order chi connectivity index (χ1) is 9.15. The molecule has 0 aliphatic heterocycles. The minimum absolute atomic E-state index is 0.112. The lowest BCUT2D eigenvalue weighted by molar-refractivity contribution is -0.152. The first-order valence-corrected chi connectivity index (χ1v) is 6.39. The number of anilines is 1. The van der Waals surface area contributed by atoms with Crippen LogP contribution in [0.15, 0.2) is 24.3 Å². The molecule has 5 nitrogen and oxygen atoms in total. The Kier molecular flexibility index (Phi) is 6.92. The summed E-state index contributed by atoms with van der Waals surface area (Å²) in [6, 6.07) is 7.20. The van der Waals surface area contributed by atoms with Crippen LogP contribution < -0.4 is 10.1 Å². The molecule has 0 radical (unpaired) electrons. The highest BCUT2D eigenvalue weighted by atomic mass is 16.7. The van der Waals surface area contributed by atoms with Crippen LogP contribution in [0.4, 0.5) is 5.69 Å². The van der Waals surface area contributed by atoms with Gasteiger partial charge < -0.3 is 19.5 Å². The van der Waals surface area contributed by atoms with Gasteiger partial charge in [-0.2, -0.15) is 0 Å². The molecule has 0 fully saturated rings. The van der Waals surface area contributed by atoms with Crippen molar-refractivity contribution in [2.45, 2.75) is 27.1 Å². The van der Waals surface area contributed by atoms with Crippen LogP contribution in [0.3, 0.4) is 0 Å². The maximum atomic E-state index is 11.0. The van der Waals surface area contributed by atoms with Gasteiger partial charge in [0.1, 0.15) is 12.4 Å². The van der Waals surface area contributed by atoms with E-state index in [0.717, 1.165) is 0 Å². The summed E-state index contributed by atoms with van der Waals surface area (Å²) >= 11 is 0. The molecular formula is C14H21NO4. The SMILES string of the molecule is CCOC(COc1cccc(NC(C)=O)c1)OCC. The summed E-state index contributed by atoms with van der Waals surface area (Å²) in [5.74, 6) is 0.550. The lowest BCUT2D eigenvalue weighted by Crippen LogP contribution is -2.25. The zero-order chi connectivity index (χ0) is 14.1. The summed E-state index contributed by atoms with van der Waals surface area (Å²) in [6.45, 7) is 6.73. The number of nitrogens with one attached hydrogen (secondary N) is 1. The molecule has 1 aromatic rings. The van der Waals surface area contributed by atoms with Crippen molar-refractivity contribution in [2.75, 3.05) is 25.1 Å². The van der Waals surface area contributed by atoms with Gasteiger partial charge in [0.25, 0.3) is 0 Å². The zero-order valence-corrected chi connectivity index (χ0v) is 11.6. The Morgan fingerprint density at radius 2 is 1.95 bits per heavy atom. The Balaban J connectivity index is 2.53. The van der Waals surface area contributed by atoms with Crippen LogP contribution in [0.1, 0.15) is 20.8 Å². The Morgan fingerprint density at radius 1 is 1.26 bits per heavy atom. The molecule has 0 saturated carbocycles. The fourth-order valence-electron chi connectivity index (χ4n) is 1.55. The second kappa shape index (κ2) is 8.50. The Bertz CT molecular complexity index is 389. The minimum Gasteiger partial charge on any atom is -0.488 e. The predicted octanol–water partition coefficient (Wildman–Crippen LogP) is 2.42. The number of ether oxygens (including phenoxy) is 3. The lowest BCUT2D eigenvalue weighted by atomic mass is 10.3. The molecule has 0 unspecified atom stereocenters. The smallest absolute Gasteiger partial charge is 0.221 e. The van der Waals surface area contributed by atoms with E-state index in [1.54, 1.807) is 12.1 Å². The summed E-state index contributed by atoms with van der Waals surface area (Å²) in [7, 11) is 0. The number of rotatable bonds is 8. The maximum Gasteiger partial charge on any atom is 0.221 e. The van der Waals surface area contributed by atoms with Crippen molar-refractivity contribution >= 4 is 11.6 Å². The molecule has 1 amide bonds. The number of amides is 1. The maximum absolute atomic E-state index is 11.0. The second-order valence-electron chi connectivity index (χ2n) is 3.86. The molecule has 0 bridgehead atoms. The largest absolute Gasteiger partial charge is 0.488 e. The fourth-order valence-corrected chi connectivity index (χ4v) is 1.55. The van der Waals surface area contributed by atoms with E-state index in [4.69, 9.17) is 14.2 Å². The monoisotopic (exact) mass is 267 g/mol. The number of hydrogen-bond donors (Lipinski definition) is 1. The highest BCUT2D eigenvalue weighted by Crippen LogP contribution is 2.17. The van der Waals surface area contributed by atoms with Crippen LogP contribution in [-0.4, -0.2) is 32.0 Å². The predicted molar refractivity (Wildman–Crippen MR) is 73.3 cm³/mol. The summed E-state index contributed by atoms with van der Waals surface area (Å²) in [5, 5.41) is 2.70. The average molecular weight is 267 g/mol. The third-order valence-corrected chi connectivity index (χ3v) is 2.25. The third-order valence-electron chi connectivity index (χ3n) is 2.25. The molecule has 0 aliphatic carbocycles. The molecule has 0 saturated heterocycles. The summed E-state index contributed by atoms with van der Waals surface area (Å²) in [6.07, 6.45) is -0.376. The topological polar surface area (TPSA) is 56.8 Å². The van der Waals surface area contributed by atoms with E-state index in [9.17, 15) is 4.79 Å². The van der Waals surface area contributed by atoms with Gasteiger partial charge in [-0.25, -0.2) is 0 Å². The van der Waals surface area contributed by atoms with Crippen LogP contribution in [0.2, 0.25) is 0 Å². The van der Waals surface area contributed by atoms with Crippen LogP contribution in [0, 0.1) is 0 Å². The minimum atomic E-state index is -0.376. The first kappa shape index (κ1) is 15.5. The number of benzene rings is 1. The Hall–Kier alpha value is -1.59. The van der Waals surface area contributed by atoms with E-state index >= 15 is 0 Å². The Labute approximate surface area is 113 Å². The van der Waals surface area contributed by atoms with Crippen molar-refractivity contribution in [3.63, 3.8) is 0 Å². The molecule has 1 rings (SSSR count). The van der Waals surface area contributed by atoms with Crippen molar-refractivity contribution in [2.24, 2.45) is 0 Å². The molecule has 1 N–H and O–H groups in total. The van der Waals surface area contributed by atoms with Gasteiger partial charge in [-0.15, -0.1) is 0 Å². The van der Waals surface area contributed by atoms with Gasteiger partial charge in [-0.05, 0) is 26.0 Å². The van der Waals surface area contributed by atoms with Crippen LogP contribution >= 0.6 is 0 Å². The first-order valence-electron chi connectivity index (χ1n) is 6.39. The fraction of sp³-hybridized carbons (Fsp3) is 0.500. The van der Waals surface area contributed by atoms with Gasteiger partial charge in [0.15, 0.2) is 6.29 Å². The summed E-state index contributed by atoms with van der Waals surface area (Å²) in [5.41, 5.74) is 0.703. The standard InChI is InChI=1S/C14H21NO4/c1-4-17-14(18-5-2)10-19-13-8-6-7-12(9-13)15-11(3)16/h6-9,14H,4-5,10H2,1-3H3,(H,15,16). The summed E-state index contributed by atoms with van der Waals surface area (Å²) in [4.78, 5) is 11.0. The molecule has 5 heteroatoms. The van der Waals surface area contributed by atoms with E-state index in [0.29, 0.717) is 31.3 Å². The number of carbonyl (C=O) groups excluding carboxylic acids is 1. The second-order valence-corrected chi connectivity index (χ2v) is 3.86. The van der Waals surface area contributed by atoms with E-state index in [-0.39, 0.29) is 12.2 Å². The van der Waals surface area contributed by atoms with Crippen molar-refractivity contribution in [3.8, 4) is 5.75 Å². The van der Waals surface area contributed by atoms with E-state index in [2.05, 4.69) is 5.32 Å². The van der Waals surface area contributed by atoms with Crippen molar-refractivity contribution in [3.05, 3.63) is 24.3 Å². The van der Waals surface area contributed by atoms with Crippen molar-refractivity contribution < 1.29 is 19.0 Å².